The van der Waals surface area contributed by atoms with Gasteiger partial charge in [0, 0.05) is 24.8 Å². The van der Waals surface area contributed by atoms with Gasteiger partial charge in [-0.25, -0.2) is 4.39 Å². The molecule has 1 aromatic carbocycles. The van der Waals surface area contributed by atoms with Crippen LogP contribution in [0, 0.1) is 18.7 Å². The maximum atomic E-state index is 13.4. The summed E-state index contributed by atoms with van der Waals surface area (Å²) in [6.45, 7) is 9.53. The van der Waals surface area contributed by atoms with Gasteiger partial charge in [-0.15, -0.1) is 0 Å². The molecule has 100 valence electrons. The Bertz CT molecular complexity index is 403. The van der Waals surface area contributed by atoms with Gasteiger partial charge in [0.2, 0.25) is 0 Å². The highest BCUT2D eigenvalue weighted by atomic mass is 19.1. The Labute approximate surface area is 109 Å². The van der Waals surface area contributed by atoms with E-state index in [4.69, 9.17) is 0 Å². The molecule has 0 aliphatic carbocycles. The molecule has 1 fully saturated rings. The van der Waals surface area contributed by atoms with Crippen molar-refractivity contribution in [1.82, 2.24) is 5.32 Å². The number of hydrogen-bond acceptors (Lipinski definition) is 2. The van der Waals surface area contributed by atoms with E-state index in [0.717, 1.165) is 37.3 Å². The van der Waals surface area contributed by atoms with Crippen LogP contribution in [0.4, 0.5) is 10.1 Å². The molecule has 0 bridgehead atoms. The van der Waals surface area contributed by atoms with E-state index in [1.165, 1.54) is 6.07 Å². The van der Waals surface area contributed by atoms with Crippen LogP contribution in [0.15, 0.2) is 18.2 Å². The molecule has 1 heterocycles. The minimum atomic E-state index is -0.145. The van der Waals surface area contributed by atoms with Gasteiger partial charge in [-0.2, -0.15) is 0 Å². The topological polar surface area (TPSA) is 15.3 Å². The minimum absolute atomic E-state index is 0.145. The van der Waals surface area contributed by atoms with Crippen LogP contribution in [0.1, 0.15) is 25.8 Å². The van der Waals surface area contributed by atoms with E-state index in [9.17, 15) is 4.39 Å². The maximum Gasteiger partial charge on any atom is 0.125 e. The summed E-state index contributed by atoms with van der Waals surface area (Å²) in [5.41, 5.74) is 2.20. The van der Waals surface area contributed by atoms with Gasteiger partial charge in [-0.3, -0.25) is 0 Å². The molecule has 0 radical (unpaired) electrons. The van der Waals surface area contributed by atoms with Gasteiger partial charge in [0.25, 0.3) is 0 Å². The van der Waals surface area contributed by atoms with E-state index in [1.807, 2.05) is 6.07 Å². The lowest BCUT2D eigenvalue weighted by Crippen LogP contribution is -2.41. The van der Waals surface area contributed by atoms with E-state index < -0.39 is 0 Å². The number of halogens is 1. The smallest absolute Gasteiger partial charge is 0.125 e. The zero-order valence-corrected chi connectivity index (χ0v) is 11.5. The molecule has 1 aliphatic rings. The van der Waals surface area contributed by atoms with Crippen molar-refractivity contribution in [3.63, 3.8) is 0 Å². The summed E-state index contributed by atoms with van der Waals surface area (Å²) in [4.78, 5) is 2.32. The third-order valence-corrected chi connectivity index (χ3v) is 3.75. The Morgan fingerprint density at radius 1 is 1.39 bits per heavy atom. The van der Waals surface area contributed by atoms with Gasteiger partial charge in [0.15, 0.2) is 0 Å². The SMILES string of the molecule is Cc1ccc(F)cc1N1CCCNC(C(C)C)C1. The van der Waals surface area contributed by atoms with Crippen molar-refractivity contribution in [2.45, 2.75) is 33.2 Å². The van der Waals surface area contributed by atoms with Crippen LogP contribution in [0.2, 0.25) is 0 Å². The van der Waals surface area contributed by atoms with Crippen molar-refractivity contribution in [2.75, 3.05) is 24.5 Å². The molecule has 0 saturated carbocycles. The molecule has 1 saturated heterocycles. The Kier molecular flexibility index (Phi) is 4.23. The highest BCUT2D eigenvalue weighted by Gasteiger charge is 2.21. The Hall–Kier alpha value is -1.09. The Morgan fingerprint density at radius 2 is 2.17 bits per heavy atom. The van der Waals surface area contributed by atoms with Crippen molar-refractivity contribution >= 4 is 5.69 Å². The fourth-order valence-electron chi connectivity index (χ4n) is 2.54. The van der Waals surface area contributed by atoms with E-state index >= 15 is 0 Å². The summed E-state index contributed by atoms with van der Waals surface area (Å²) in [7, 11) is 0. The van der Waals surface area contributed by atoms with Gasteiger partial charge in [-0.1, -0.05) is 19.9 Å². The fourth-order valence-corrected chi connectivity index (χ4v) is 2.54. The first-order valence-electron chi connectivity index (χ1n) is 6.82. The second-order valence-electron chi connectivity index (χ2n) is 5.54. The van der Waals surface area contributed by atoms with Gasteiger partial charge in [0.05, 0.1) is 0 Å². The summed E-state index contributed by atoms with van der Waals surface area (Å²) in [5.74, 6) is 0.452. The van der Waals surface area contributed by atoms with Crippen LogP contribution in [0.25, 0.3) is 0 Å². The number of aryl methyl sites for hydroxylation is 1. The lowest BCUT2D eigenvalue weighted by atomic mass is 10.0. The standard InChI is InChI=1S/C15H23FN2/c1-11(2)14-10-18(8-4-7-17-14)15-9-13(16)6-5-12(15)3/h5-6,9,11,14,17H,4,7-8,10H2,1-3H3. The predicted octanol–water partition coefficient (Wildman–Crippen LogP) is 2.96. The lowest BCUT2D eigenvalue weighted by Gasteiger charge is -2.29. The van der Waals surface area contributed by atoms with Crippen molar-refractivity contribution in [3.05, 3.63) is 29.6 Å². The molecule has 1 aliphatic heterocycles. The molecular formula is C15H23FN2. The summed E-state index contributed by atoms with van der Waals surface area (Å²) in [6, 6.07) is 5.55. The maximum absolute atomic E-state index is 13.4. The molecule has 18 heavy (non-hydrogen) atoms. The normalized spacial score (nSPS) is 21.2. The summed E-state index contributed by atoms with van der Waals surface area (Å²) in [6.07, 6.45) is 1.11. The second-order valence-corrected chi connectivity index (χ2v) is 5.54. The minimum Gasteiger partial charge on any atom is -0.370 e. The molecule has 0 spiro atoms. The molecule has 1 atom stereocenters. The van der Waals surface area contributed by atoms with Gasteiger partial charge in [0.1, 0.15) is 5.82 Å². The van der Waals surface area contributed by atoms with Crippen molar-refractivity contribution in [2.24, 2.45) is 5.92 Å². The largest absolute Gasteiger partial charge is 0.370 e. The van der Waals surface area contributed by atoms with Crippen LogP contribution in [0.5, 0.6) is 0 Å². The first-order chi connectivity index (χ1) is 8.58. The van der Waals surface area contributed by atoms with Crippen LogP contribution < -0.4 is 10.2 Å². The predicted molar refractivity (Wildman–Crippen MR) is 74.6 cm³/mol. The zero-order chi connectivity index (χ0) is 13.1. The van der Waals surface area contributed by atoms with E-state index in [2.05, 4.69) is 31.0 Å². The third kappa shape index (κ3) is 3.02. The van der Waals surface area contributed by atoms with Crippen molar-refractivity contribution in [1.29, 1.82) is 0 Å². The fraction of sp³-hybridized carbons (Fsp3) is 0.600. The van der Waals surface area contributed by atoms with E-state index in [-0.39, 0.29) is 5.82 Å². The molecule has 2 rings (SSSR count). The first kappa shape index (κ1) is 13.3. The van der Waals surface area contributed by atoms with Gasteiger partial charge < -0.3 is 10.2 Å². The van der Waals surface area contributed by atoms with Crippen LogP contribution in [-0.2, 0) is 0 Å². The van der Waals surface area contributed by atoms with Crippen molar-refractivity contribution < 1.29 is 4.39 Å². The highest BCUT2D eigenvalue weighted by Crippen LogP contribution is 2.23. The highest BCUT2D eigenvalue weighted by molar-refractivity contribution is 5.53. The number of hydrogen-bond donors (Lipinski definition) is 1. The molecule has 3 heteroatoms. The zero-order valence-electron chi connectivity index (χ0n) is 11.5. The average molecular weight is 250 g/mol. The summed E-state index contributed by atoms with van der Waals surface area (Å²) in [5, 5.41) is 3.58. The number of benzene rings is 1. The number of rotatable bonds is 2. The molecular weight excluding hydrogens is 227 g/mol. The summed E-state index contributed by atoms with van der Waals surface area (Å²) < 4.78 is 13.4. The lowest BCUT2D eigenvalue weighted by molar-refractivity contribution is 0.420. The van der Waals surface area contributed by atoms with Crippen molar-refractivity contribution in [3.8, 4) is 0 Å². The molecule has 0 aromatic heterocycles. The average Bonchev–Trinajstić information content (AvgIpc) is 2.58. The molecule has 1 aromatic rings. The molecule has 0 amide bonds. The van der Waals surface area contributed by atoms with E-state index in [1.54, 1.807) is 6.07 Å². The molecule has 1 N–H and O–H groups in total. The van der Waals surface area contributed by atoms with Gasteiger partial charge in [-0.05, 0) is 43.5 Å². The van der Waals surface area contributed by atoms with Gasteiger partial charge >= 0.3 is 0 Å². The monoisotopic (exact) mass is 250 g/mol. The quantitative estimate of drug-likeness (QED) is 0.868. The number of nitrogens with one attached hydrogen (secondary N) is 1. The number of nitrogens with zero attached hydrogens (tertiary/aromatic N) is 1. The summed E-state index contributed by atoms with van der Waals surface area (Å²) >= 11 is 0. The third-order valence-electron chi connectivity index (χ3n) is 3.75. The van der Waals surface area contributed by atoms with Crippen LogP contribution >= 0.6 is 0 Å². The Morgan fingerprint density at radius 3 is 2.89 bits per heavy atom. The first-order valence-corrected chi connectivity index (χ1v) is 6.82. The van der Waals surface area contributed by atoms with Crippen LogP contribution in [-0.4, -0.2) is 25.7 Å². The Balaban J connectivity index is 2.22. The van der Waals surface area contributed by atoms with E-state index in [0.29, 0.717) is 12.0 Å². The molecule has 1 unspecified atom stereocenters. The molecule has 2 nitrogen and oxygen atoms in total. The van der Waals surface area contributed by atoms with Crippen LogP contribution in [0.3, 0.4) is 0 Å². The number of anilines is 1. The second kappa shape index (κ2) is 5.70.